The van der Waals surface area contributed by atoms with E-state index >= 15 is 0 Å². The lowest BCUT2D eigenvalue weighted by Crippen LogP contribution is -2.36. The van der Waals surface area contributed by atoms with Gasteiger partial charge in [0.25, 0.3) is 5.91 Å². The Bertz CT molecular complexity index is 622. The van der Waals surface area contributed by atoms with Crippen LogP contribution in [0.15, 0.2) is 54.6 Å². The van der Waals surface area contributed by atoms with E-state index in [4.69, 9.17) is 0 Å². The van der Waals surface area contributed by atoms with Gasteiger partial charge in [-0.2, -0.15) is 0 Å². The summed E-state index contributed by atoms with van der Waals surface area (Å²) >= 11 is 0. The highest BCUT2D eigenvalue weighted by molar-refractivity contribution is 5.96. The Hall–Kier alpha value is -2.62. The molecular formula is C20H26N2O2. The second-order valence-corrected chi connectivity index (χ2v) is 5.52. The highest BCUT2D eigenvalue weighted by atomic mass is 16.2. The summed E-state index contributed by atoms with van der Waals surface area (Å²) < 4.78 is 0. The molecule has 4 nitrogen and oxygen atoms in total. The van der Waals surface area contributed by atoms with Gasteiger partial charge in [0.05, 0.1) is 6.54 Å². The second kappa shape index (κ2) is 11.0. The monoisotopic (exact) mass is 326 g/mol. The third-order valence-corrected chi connectivity index (χ3v) is 3.06. The number of hydrogen-bond acceptors (Lipinski definition) is 2. The van der Waals surface area contributed by atoms with E-state index < -0.39 is 0 Å². The van der Waals surface area contributed by atoms with Crippen LogP contribution in [-0.4, -0.2) is 18.4 Å². The van der Waals surface area contributed by atoms with E-state index in [2.05, 4.69) is 24.5 Å². The Morgan fingerprint density at radius 3 is 2.04 bits per heavy atom. The summed E-state index contributed by atoms with van der Waals surface area (Å²) in [6.45, 7) is 6.64. The molecule has 0 spiro atoms. The third kappa shape index (κ3) is 7.58. The molecule has 0 aromatic heterocycles. The quantitative estimate of drug-likeness (QED) is 0.884. The van der Waals surface area contributed by atoms with E-state index in [1.165, 1.54) is 6.42 Å². The van der Waals surface area contributed by atoms with E-state index in [9.17, 15) is 9.59 Å². The normalized spacial score (nSPS) is 9.46. The van der Waals surface area contributed by atoms with E-state index in [0.717, 1.165) is 11.1 Å². The minimum absolute atomic E-state index is 0.0282. The van der Waals surface area contributed by atoms with Gasteiger partial charge in [-0.25, -0.2) is 0 Å². The molecule has 24 heavy (non-hydrogen) atoms. The lowest BCUT2D eigenvalue weighted by Gasteiger charge is -2.07. The van der Waals surface area contributed by atoms with Crippen LogP contribution in [0.4, 0.5) is 0 Å². The van der Waals surface area contributed by atoms with E-state index in [0.29, 0.717) is 12.1 Å². The van der Waals surface area contributed by atoms with E-state index in [1.54, 1.807) is 12.1 Å². The first-order valence-corrected chi connectivity index (χ1v) is 8.22. The fourth-order valence-corrected chi connectivity index (χ4v) is 1.83. The molecule has 2 aromatic carbocycles. The summed E-state index contributed by atoms with van der Waals surface area (Å²) in [5.74, 6) is -0.454. The maximum absolute atomic E-state index is 11.8. The van der Waals surface area contributed by atoms with Gasteiger partial charge < -0.3 is 10.6 Å². The molecular weight excluding hydrogens is 300 g/mol. The van der Waals surface area contributed by atoms with Gasteiger partial charge in [0, 0.05) is 12.1 Å². The predicted molar refractivity (Wildman–Crippen MR) is 97.8 cm³/mol. The van der Waals surface area contributed by atoms with Crippen LogP contribution in [0.5, 0.6) is 0 Å². The first kappa shape index (κ1) is 19.4. The number of amides is 2. The molecule has 0 radical (unpaired) electrons. The Kier molecular flexibility index (Phi) is 8.90. The maximum Gasteiger partial charge on any atom is 0.251 e. The number of nitrogens with one attached hydrogen (secondary N) is 2. The van der Waals surface area contributed by atoms with Gasteiger partial charge in [-0.3, -0.25) is 9.59 Å². The maximum atomic E-state index is 11.8. The lowest BCUT2D eigenvalue weighted by molar-refractivity contribution is -0.120. The van der Waals surface area contributed by atoms with Crippen molar-refractivity contribution < 1.29 is 9.59 Å². The second-order valence-electron chi connectivity index (χ2n) is 5.52. The van der Waals surface area contributed by atoms with Crippen molar-refractivity contribution in [3.05, 3.63) is 71.3 Å². The van der Waals surface area contributed by atoms with Gasteiger partial charge in [0.15, 0.2) is 0 Å². The van der Waals surface area contributed by atoms with Crippen molar-refractivity contribution in [2.24, 2.45) is 0 Å². The number of carbonyl (C=O) groups is 2. The molecule has 0 saturated carbocycles. The van der Waals surface area contributed by atoms with Crippen molar-refractivity contribution >= 4 is 11.8 Å². The molecule has 0 aliphatic rings. The number of rotatable bonds is 5. The molecule has 2 rings (SSSR count). The fourth-order valence-electron chi connectivity index (χ4n) is 1.83. The number of benzene rings is 2. The van der Waals surface area contributed by atoms with Crippen molar-refractivity contribution in [1.29, 1.82) is 0 Å². The highest BCUT2D eigenvalue weighted by Crippen LogP contribution is 2.02. The molecule has 2 amide bonds. The SMILES string of the molecule is CCC.Cc1ccc(C(=O)NCC(=O)NCc2ccccc2)cc1. The zero-order valence-electron chi connectivity index (χ0n) is 14.6. The van der Waals surface area contributed by atoms with Gasteiger partial charge in [0.1, 0.15) is 0 Å². The largest absolute Gasteiger partial charge is 0.350 e. The van der Waals surface area contributed by atoms with Crippen molar-refractivity contribution in [2.45, 2.75) is 33.7 Å². The lowest BCUT2D eigenvalue weighted by atomic mass is 10.1. The standard InChI is InChI=1S/C17H18N2O2.C3H8/c1-13-7-9-15(10-8-13)17(21)19-12-16(20)18-11-14-5-3-2-4-6-14;1-3-2/h2-10H,11-12H2,1H3,(H,18,20)(H,19,21);3H2,1-2H3. The molecule has 0 bridgehead atoms. The number of hydrogen-bond donors (Lipinski definition) is 2. The fraction of sp³-hybridized carbons (Fsp3) is 0.300. The average molecular weight is 326 g/mol. The average Bonchev–Trinajstić information content (AvgIpc) is 2.60. The van der Waals surface area contributed by atoms with Crippen molar-refractivity contribution in [2.75, 3.05) is 6.54 Å². The first-order valence-electron chi connectivity index (χ1n) is 8.22. The minimum atomic E-state index is -0.245. The summed E-state index contributed by atoms with van der Waals surface area (Å²) in [4.78, 5) is 23.5. The zero-order chi connectivity index (χ0) is 17.8. The van der Waals surface area contributed by atoms with Crippen molar-refractivity contribution in [1.82, 2.24) is 10.6 Å². The van der Waals surface area contributed by atoms with Crippen LogP contribution in [-0.2, 0) is 11.3 Å². The molecule has 0 aliphatic heterocycles. The summed E-state index contributed by atoms with van der Waals surface area (Å²) in [7, 11) is 0. The summed E-state index contributed by atoms with van der Waals surface area (Å²) in [6.07, 6.45) is 1.25. The van der Waals surface area contributed by atoms with Crippen LogP contribution < -0.4 is 10.6 Å². The van der Waals surface area contributed by atoms with Gasteiger partial charge in [0.2, 0.25) is 5.91 Å². The van der Waals surface area contributed by atoms with Crippen LogP contribution in [0.25, 0.3) is 0 Å². The van der Waals surface area contributed by atoms with Gasteiger partial charge in [-0.15, -0.1) is 0 Å². The number of aryl methyl sites for hydroxylation is 1. The summed E-state index contributed by atoms with van der Waals surface area (Å²) in [5.41, 5.74) is 2.67. The molecule has 0 unspecified atom stereocenters. The minimum Gasteiger partial charge on any atom is -0.350 e. The molecule has 128 valence electrons. The topological polar surface area (TPSA) is 58.2 Å². The Morgan fingerprint density at radius 1 is 0.875 bits per heavy atom. The molecule has 2 aromatic rings. The van der Waals surface area contributed by atoms with E-state index in [-0.39, 0.29) is 18.4 Å². The Morgan fingerprint density at radius 2 is 1.46 bits per heavy atom. The Labute approximate surface area is 144 Å². The molecule has 0 atom stereocenters. The van der Waals surface area contributed by atoms with Crippen LogP contribution in [0.2, 0.25) is 0 Å². The Balaban J connectivity index is 0.000000891. The van der Waals surface area contributed by atoms with Crippen LogP contribution in [0, 0.1) is 6.92 Å². The molecule has 0 saturated heterocycles. The van der Waals surface area contributed by atoms with E-state index in [1.807, 2.05) is 49.4 Å². The zero-order valence-corrected chi connectivity index (χ0v) is 14.6. The summed E-state index contributed by atoms with van der Waals surface area (Å²) in [6, 6.07) is 16.8. The summed E-state index contributed by atoms with van der Waals surface area (Å²) in [5, 5.41) is 5.36. The number of carbonyl (C=O) groups excluding carboxylic acids is 2. The molecule has 0 fully saturated rings. The van der Waals surface area contributed by atoms with Gasteiger partial charge in [-0.1, -0.05) is 68.3 Å². The van der Waals surface area contributed by atoms with Crippen LogP contribution in [0.3, 0.4) is 0 Å². The van der Waals surface area contributed by atoms with Crippen LogP contribution in [0.1, 0.15) is 41.8 Å². The smallest absolute Gasteiger partial charge is 0.251 e. The van der Waals surface area contributed by atoms with Crippen molar-refractivity contribution in [3.63, 3.8) is 0 Å². The van der Waals surface area contributed by atoms with Crippen molar-refractivity contribution in [3.8, 4) is 0 Å². The van der Waals surface area contributed by atoms with Gasteiger partial charge in [-0.05, 0) is 24.6 Å². The third-order valence-electron chi connectivity index (χ3n) is 3.06. The molecule has 0 heterocycles. The van der Waals surface area contributed by atoms with Gasteiger partial charge >= 0.3 is 0 Å². The van der Waals surface area contributed by atoms with Crippen LogP contribution >= 0.6 is 0 Å². The predicted octanol–water partition coefficient (Wildman–Crippen LogP) is 3.46. The molecule has 4 heteroatoms. The molecule has 2 N–H and O–H groups in total. The highest BCUT2D eigenvalue weighted by Gasteiger charge is 2.07. The first-order chi connectivity index (χ1) is 11.6. The molecule has 0 aliphatic carbocycles.